The van der Waals surface area contributed by atoms with Gasteiger partial charge >= 0.3 is 0 Å². The smallest absolute Gasteiger partial charge is 0.0123 e. The molecule has 0 saturated heterocycles. The predicted octanol–water partition coefficient (Wildman–Crippen LogP) is 5.15. The topological polar surface area (TPSA) is 12.0 Å². The van der Waals surface area contributed by atoms with Crippen LogP contribution in [0.5, 0.6) is 0 Å². The number of hydrogen-bond donors (Lipinski definition) is 1. The zero-order chi connectivity index (χ0) is 13.2. The fourth-order valence-electron chi connectivity index (χ4n) is 3.67. The van der Waals surface area contributed by atoms with Crippen LogP contribution in [0.3, 0.4) is 0 Å². The molecule has 1 aliphatic rings. The maximum absolute atomic E-state index is 3.89. The molecule has 1 unspecified atom stereocenters. The molecule has 0 bridgehead atoms. The number of rotatable bonds is 7. The first-order valence-corrected chi connectivity index (χ1v) is 8.56. The van der Waals surface area contributed by atoms with Gasteiger partial charge in [-0.15, -0.1) is 0 Å². The predicted molar refractivity (Wildman–Crippen MR) is 82.0 cm³/mol. The Hall–Kier alpha value is -0.0400. The molecule has 1 saturated carbocycles. The largest absolute Gasteiger partial charge is 0.313 e. The molecule has 1 atom stereocenters. The van der Waals surface area contributed by atoms with E-state index >= 15 is 0 Å². The lowest BCUT2D eigenvalue weighted by atomic mass is 9.78. The van der Waals surface area contributed by atoms with Gasteiger partial charge in [0.05, 0.1) is 0 Å². The molecule has 0 aromatic carbocycles. The van der Waals surface area contributed by atoms with Crippen molar-refractivity contribution in [2.24, 2.45) is 11.8 Å². The van der Waals surface area contributed by atoms with E-state index in [0.29, 0.717) is 0 Å². The summed E-state index contributed by atoms with van der Waals surface area (Å²) in [6.45, 7) is 8.24. The molecule has 1 rings (SSSR count). The molecule has 1 nitrogen and oxygen atoms in total. The van der Waals surface area contributed by atoms with Crippen LogP contribution in [0.1, 0.15) is 85.0 Å². The van der Waals surface area contributed by atoms with Gasteiger partial charge in [0.2, 0.25) is 0 Å². The van der Waals surface area contributed by atoms with Gasteiger partial charge in [-0.2, -0.15) is 0 Å². The molecule has 0 spiro atoms. The molecule has 0 aromatic rings. The summed E-state index contributed by atoms with van der Waals surface area (Å²) < 4.78 is 0. The zero-order valence-corrected chi connectivity index (χ0v) is 13.0. The highest BCUT2D eigenvalue weighted by atomic mass is 14.9. The highest BCUT2D eigenvalue weighted by Gasteiger charge is 2.26. The van der Waals surface area contributed by atoms with E-state index in [9.17, 15) is 0 Å². The molecular formula is C17H35N. The normalized spacial score (nSPS) is 20.7. The van der Waals surface area contributed by atoms with Gasteiger partial charge in [0.25, 0.3) is 0 Å². The van der Waals surface area contributed by atoms with Gasteiger partial charge in [0.15, 0.2) is 0 Å². The quantitative estimate of drug-likeness (QED) is 0.661. The fraction of sp³-hybridized carbons (Fsp3) is 1.00. The first-order chi connectivity index (χ1) is 8.83. The molecule has 1 N–H and O–H groups in total. The molecule has 0 heterocycles. The number of nitrogens with one attached hydrogen (secondary N) is 1. The van der Waals surface area contributed by atoms with Crippen molar-refractivity contribution in [3.63, 3.8) is 0 Å². The lowest BCUT2D eigenvalue weighted by Crippen LogP contribution is -2.42. The summed E-state index contributed by atoms with van der Waals surface area (Å²) in [6, 6.07) is 0.790. The van der Waals surface area contributed by atoms with Gasteiger partial charge in [0, 0.05) is 6.04 Å². The van der Waals surface area contributed by atoms with E-state index in [-0.39, 0.29) is 0 Å². The Morgan fingerprint density at radius 3 is 1.94 bits per heavy atom. The molecule has 0 amide bonds. The van der Waals surface area contributed by atoms with Crippen molar-refractivity contribution >= 4 is 0 Å². The Labute approximate surface area is 115 Å². The Bertz CT molecular complexity index is 178. The molecule has 0 aromatic heterocycles. The lowest BCUT2D eigenvalue weighted by molar-refractivity contribution is 0.208. The highest BCUT2D eigenvalue weighted by molar-refractivity contribution is 4.83. The average molecular weight is 253 g/mol. The average Bonchev–Trinajstić information content (AvgIpc) is 2.35. The van der Waals surface area contributed by atoms with Crippen LogP contribution in [0.2, 0.25) is 0 Å². The maximum atomic E-state index is 3.89. The summed E-state index contributed by atoms with van der Waals surface area (Å²) in [4.78, 5) is 0. The Kier molecular flexibility index (Phi) is 8.75. The summed E-state index contributed by atoms with van der Waals surface area (Å²) in [5.41, 5.74) is 0. The van der Waals surface area contributed by atoms with Crippen molar-refractivity contribution in [2.75, 3.05) is 6.54 Å². The molecule has 1 fully saturated rings. The summed E-state index contributed by atoms with van der Waals surface area (Å²) in [5.74, 6) is 1.84. The third-order valence-corrected chi connectivity index (χ3v) is 4.84. The van der Waals surface area contributed by atoms with Crippen LogP contribution in [-0.2, 0) is 0 Å². The third-order valence-electron chi connectivity index (χ3n) is 4.84. The minimum absolute atomic E-state index is 0.790. The zero-order valence-electron chi connectivity index (χ0n) is 13.0. The van der Waals surface area contributed by atoms with E-state index in [1.54, 1.807) is 0 Å². The fourth-order valence-corrected chi connectivity index (χ4v) is 3.67. The second kappa shape index (κ2) is 9.83. The molecule has 0 radical (unpaired) electrons. The van der Waals surface area contributed by atoms with Crippen LogP contribution in [0.4, 0.5) is 0 Å². The van der Waals surface area contributed by atoms with E-state index in [1.807, 2.05) is 0 Å². The van der Waals surface area contributed by atoms with Gasteiger partial charge < -0.3 is 5.32 Å². The SMILES string of the molecule is CCCNC(C(CC)CC)C1CCCCCCC1. The first-order valence-electron chi connectivity index (χ1n) is 8.56. The van der Waals surface area contributed by atoms with Crippen LogP contribution < -0.4 is 5.32 Å². The Morgan fingerprint density at radius 1 is 0.889 bits per heavy atom. The summed E-state index contributed by atoms with van der Waals surface area (Å²) in [6.07, 6.45) is 14.2. The second-order valence-electron chi connectivity index (χ2n) is 6.16. The van der Waals surface area contributed by atoms with Crippen molar-refractivity contribution in [1.29, 1.82) is 0 Å². The van der Waals surface area contributed by atoms with Crippen LogP contribution in [0.15, 0.2) is 0 Å². The van der Waals surface area contributed by atoms with E-state index in [4.69, 9.17) is 0 Å². The first kappa shape index (κ1) is 16.0. The van der Waals surface area contributed by atoms with Gasteiger partial charge in [-0.1, -0.05) is 65.7 Å². The lowest BCUT2D eigenvalue weighted by Gasteiger charge is -2.35. The molecular weight excluding hydrogens is 218 g/mol. The molecule has 108 valence electrons. The Morgan fingerprint density at radius 2 is 1.44 bits per heavy atom. The van der Waals surface area contributed by atoms with Crippen molar-refractivity contribution in [3.8, 4) is 0 Å². The summed E-state index contributed by atoms with van der Waals surface area (Å²) >= 11 is 0. The molecule has 0 aliphatic heterocycles. The minimum atomic E-state index is 0.790. The Balaban J connectivity index is 2.59. The second-order valence-corrected chi connectivity index (χ2v) is 6.16. The van der Waals surface area contributed by atoms with E-state index in [2.05, 4.69) is 26.1 Å². The van der Waals surface area contributed by atoms with Gasteiger partial charge in [0.1, 0.15) is 0 Å². The third kappa shape index (κ3) is 5.30. The van der Waals surface area contributed by atoms with Crippen molar-refractivity contribution < 1.29 is 0 Å². The molecule has 1 heteroatoms. The van der Waals surface area contributed by atoms with Gasteiger partial charge in [-0.25, -0.2) is 0 Å². The molecule has 18 heavy (non-hydrogen) atoms. The van der Waals surface area contributed by atoms with Crippen LogP contribution in [0, 0.1) is 11.8 Å². The highest BCUT2D eigenvalue weighted by Crippen LogP contribution is 2.30. The monoisotopic (exact) mass is 253 g/mol. The van der Waals surface area contributed by atoms with Crippen molar-refractivity contribution in [1.82, 2.24) is 5.32 Å². The maximum Gasteiger partial charge on any atom is 0.0123 e. The van der Waals surface area contributed by atoms with Crippen LogP contribution in [-0.4, -0.2) is 12.6 Å². The van der Waals surface area contributed by atoms with Crippen molar-refractivity contribution in [3.05, 3.63) is 0 Å². The van der Waals surface area contributed by atoms with E-state index in [0.717, 1.165) is 17.9 Å². The van der Waals surface area contributed by atoms with Crippen LogP contribution >= 0.6 is 0 Å². The van der Waals surface area contributed by atoms with E-state index in [1.165, 1.54) is 70.8 Å². The van der Waals surface area contributed by atoms with Crippen molar-refractivity contribution in [2.45, 2.75) is 91.0 Å². The van der Waals surface area contributed by atoms with Crippen LogP contribution in [0.25, 0.3) is 0 Å². The summed E-state index contributed by atoms with van der Waals surface area (Å²) in [7, 11) is 0. The van der Waals surface area contributed by atoms with E-state index < -0.39 is 0 Å². The molecule has 1 aliphatic carbocycles. The summed E-state index contributed by atoms with van der Waals surface area (Å²) in [5, 5.41) is 3.89. The number of hydrogen-bond acceptors (Lipinski definition) is 1. The standard InChI is InChI=1S/C17H35N/c1-4-14-18-17(15(5-2)6-3)16-12-10-8-7-9-11-13-16/h15-18H,4-14H2,1-3H3. The van der Waals surface area contributed by atoms with Gasteiger partial charge in [-0.05, 0) is 37.6 Å². The minimum Gasteiger partial charge on any atom is -0.313 e. The van der Waals surface area contributed by atoms with Gasteiger partial charge in [-0.3, -0.25) is 0 Å².